The molecule has 0 radical (unpaired) electrons. The highest BCUT2D eigenvalue weighted by Gasteiger charge is 2.26. The van der Waals surface area contributed by atoms with E-state index in [0.717, 1.165) is 6.54 Å². The second-order valence-electron chi connectivity index (χ2n) is 5.32. The Balaban J connectivity index is 2.26. The van der Waals surface area contributed by atoms with E-state index < -0.39 is 0 Å². The highest BCUT2D eigenvalue weighted by atomic mass is 16.5. The van der Waals surface area contributed by atoms with Crippen molar-refractivity contribution in [2.75, 3.05) is 6.54 Å². The molecule has 2 rings (SSSR count). The van der Waals surface area contributed by atoms with Gasteiger partial charge in [-0.1, -0.05) is 12.1 Å². The van der Waals surface area contributed by atoms with Crippen molar-refractivity contribution >= 4 is 0 Å². The summed E-state index contributed by atoms with van der Waals surface area (Å²) in [6.45, 7) is 11.7. The van der Waals surface area contributed by atoms with Gasteiger partial charge in [-0.2, -0.15) is 0 Å². The normalized spacial score (nSPS) is 29.4. The van der Waals surface area contributed by atoms with Gasteiger partial charge in [-0.3, -0.25) is 0 Å². The third-order valence-electron chi connectivity index (χ3n) is 3.94. The van der Waals surface area contributed by atoms with E-state index in [0.29, 0.717) is 6.04 Å². The van der Waals surface area contributed by atoms with Gasteiger partial charge in [-0.25, -0.2) is 0 Å². The van der Waals surface area contributed by atoms with Crippen LogP contribution in [0.3, 0.4) is 0 Å². The third kappa shape index (κ3) is 2.53. The van der Waals surface area contributed by atoms with Crippen molar-refractivity contribution in [3.63, 3.8) is 0 Å². The molecular weight excluding hydrogens is 210 g/mol. The van der Waals surface area contributed by atoms with Gasteiger partial charge in [-0.05, 0) is 56.9 Å². The van der Waals surface area contributed by atoms with Crippen LogP contribution >= 0.6 is 0 Å². The molecule has 0 amide bonds. The molecular formula is C15H23NO. The molecule has 2 heteroatoms. The molecule has 17 heavy (non-hydrogen) atoms. The van der Waals surface area contributed by atoms with Crippen LogP contribution in [0.5, 0.6) is 0 Å². The Morgan fingerprint density at radius 3 is 2.35 bits per heavy atom. The van der Waals surface area contributed by atoms with E-state index >= 15 is 0 Å². The largest absolute Gasteiger partial charge is 0.368 e. The van der Waals surface area contributed by atoms with Crippen molar-refractivity contribution in [2.24, 2.45) is 0 Å². The van der Waals surface area contributed by atoms with Crippen molar-refractivity contribution in [1.82, 2.24) is 5.32 Å². The topological polar surface area (TPSA) is 21.3 Å². The first-order valence-electron chi connectivity index (χ1n) is 6.45. The molecule has 1 heterocycles. The Bertz CT molecular complexity index is 414. The molecule has 2 nitrogen and oxygen atoms in total. The second-order valence-corrected chi connectivity index (χ2v) is 5.32. The molecule has 3 unspecified atom stereocenters. The van der Waals surface area contributed by atoms with Gasteiger partial charge in [0.2, 0.25) is 0 Å². The minimum Gasteiger partial charge on any atom is -0.368 e. The summed E-state index contributed by atoms with van der Waals surface area (Å²) < 4.78 is 6.10. The van der Waals surface area contributed by atoms with Gasteiger partial charge in [0.05, 0.1) is 12.2 Å². The lowest BCUT2D eigenvalue weighted by atomic mass is 9.96. The maximum absolute atomic E-state index is 6.10. The van der Waals surface area contributed by atoms with E-state index in [1.165, 1.54) is 22.3 Å². The fourth-order valence-electron chi connectivity index (χ4n) is 2.40. The minimum atomic E-state index is 0.195. The molecule has 0 saturated carbocycles. The van der Waals surface area contributed by atoms with Gasteiger partial charge in [0.1, 0.15) is 0 Å². The van der Waals surface area contributed by atoms with Crippen molar-refractivity contribution in [3.8, 4) is 0 Å². The van der Waals surface area contributed by atoms with E-state index in [9.17, 15) is 0 Å². The standard InChI is InChI=1S/C15H23NO/c1-9-6-11(3)14(7-10(9)2)15-8-16-12(4)13(5)17-15/h6-7,12-13,15-16H,8H2,1-5H3. The van der Waals surface area contributed by atoms with Crippen LogP contribution in [0.25, 0.3) is 0 Å². The smallest absolute Gasteiger partial charge is 0.0956 e. The Hall–Kier alpha value is -0.860. The Labute approximate surface area is 104 Å². The third-order valence-corrected chi connectivity index (χ3v) is 3.94. The number of benzene rings is 1. The average Bonchev–Trinajstić information content (AvgIpc) is 2.27. The molecule has 1 N–H and O–H groups in total. The SMILES string of the molecule is Cc1cc(C)c(C2CNC(C)C(C)O2)cc1C. The quantitative estimate of drug-likeness (QED) is 0.805. The molecule has 1 aliphatic rings. The van der Waals surface area contributed by atoms with Crippen molar-refractivity contribution in [2.45, 2.75) is 52.9 Å². The van der Waals surface area contributed by atoms with Gasteiger partial charge in [0.25, 0.3) is 0 Å². The highest BCUT2D eigenvalue weighted by molar-refractivity contribution is 5.38. The summed E-state index contributed by atoms with van der Waals surface area (Å²) in [5.41, 5.74) is 5.37. The zero-order valence-electron chi connectivity index (χ0n) is 11.5. The highest BCUT2D eigenvalue weighted by Crippen LogP contribution is 2.28. The summed E-state index contributed by atoms with van der Waals surface area (Å²) in [7, 11) is 0. The van der Waals surface area contributed by atoms with Gasteiger partial charge in [0, 0.05) is 12.6 Å². The lowest BCUT2D eigenvalue weighted by molar-refractivity contribution is -0.0511. The lowest BCUT2D eigenvalue weighted by Crippen LogP contribution is -2.46. The predicted octanol–water partition coefficient (Wildman–Crippen LogP) is 3.05. The number of nitrogens with one attached hydrogen (secondary N) is 1. The van der Waals surface area contributed by atoms with E-state index in [2.05, 4.69) is 52.1 Å². The molecule has 1 aliphatic heterocycles. The van der Waals surface area contributed by atoms with E-state index in [1.807, 2.05) is 0 Å². The van der Waals surface area contributed by atoms with Crippen LogP contribution in [0.4, 0.5) is 0 Å². The average molecular weight is 233 g/mol. The molecule has 3 atom stereocenters. The van der Waals surface area contributed by atoms with Gasteiger partial charge >= 0.3 is 0 Å². The first kappa shape index (κ1) is 12.6. The van der Waals surface area contributed by atoms with Crippen LogP contribution in [-0.4, -0.2) is 18.7 Å². The van der Waals surface area contributed by atoms with E-state index in [4.69, 9.17) is 4.74 Å². The molecule has 0 spiro atoms. The second kappa shape index (κ2) is 4.79. The fourth-order valence-corrected chi connectivity index (χ4v) is 2.40. The Morgan fingerprint density at radius 2 is 1.71 bits per heavy atom. The van der Waals surface area contributed by atoms with Crippen LogP contribution < -0.4 is 5.32 Å². The molecule has 1 saturated heterocycles. The molecule has 0 aromatic heterocycles. The summed E-state index contributed by atoms with van der Waals surface area (Å²) in [6, 6.07) is 4.98. The predicted molar refractivity (Wildman–Crippen MR) is 71.4 cm³/mol. The van der Waals surface area contributed by atoms with Gasteiger partial charge in [-0.15, -0.1) is 0 Å². The number of ether oxygens (including phenoxy) is 1. The number of hydrogen-bond donors (Lipinski definition) is 1. The summed E-state index contributed by atoms with van der Waals surface area (Å²) >= 11 is 0. The summed E-state index contributed by atoms with van der Waals surface area (Å²) in [5, 5.41) is 3.52. The molecule has 1 aromatic rings. The zero-order valence-corrected chi connectivity index (χ0v) is 11.5. The zero-order chi connectivity index (χ0) is 12.6. The molecule has 0 aliphatic carbocycles. The Kier molecular flexibility index (Phi) is 3.55. The monoisotopic (exact) mass is 233 g/mol. The molecule has 1 aromatic carbocycles. The molecule has 1 fully saturated rings. The minimum absolute atomic E-state index is 0.195. The number of hydrogen-bond acceptors (Lipinski definition) is 2. The van der Waals surface area contributed by atoms with Gasteiger partial charge < -0.3 is 10.1 Å². The van der Waals surface area contributed by atoms with E-state index in [-0.39, 0.29) is 12.2 Å². The number of aryl methyl sites for hydroxylation is 3. The summed E-state index contributed by atoms with van der Waals surface area (Å²) in [5.74, 6) is 0. The van der Waals surface area contributed by atoms with Crippen LogP contribution in [0, 0.1) is 20.8 Å². The first-order chi connectivity index (χ1) is 7.99. The summed E-state index contributed by atoms with van der Waals surface area (Å²) in [6.07, 6.45) is 0.468. The maximum atomic E-state index is 6.10. The number of morpholine rings is 1. The van der Waals surface area contributed by atoms with Crippen LogP contribution in [0.1, 0.15) is 42.2 Å². The van der Waals surface area contributed by atoms with Crippen LogP contribution in [0.2, 0.25) is 0 Å². The first-order valence-corrected chi connectivity index (χ1v) is 6.45. The lowest BCUT2D eigenvalue weighted by Gasteiger charge is -2.35. The van der Waals surface area contributed by atoms with Crippen LogP contribution in [0.15, 0.2) is 12.1 Å². The number of rotatable bonds is 1. The van der Waals surface area contributed by atoms with Crippen LogP contribution in [-0.2, 0) is 4.74 Å². The van der Waals surface area contributed by atoms with Gasteiger partial charge in [0.15, 0.2) is 0 Å². The van der Waals surface area contributed by atoms with Crippen molar-refractivity contribution in [1.29, 1.82) is 0 Å². The summed E-state index contributed by atoms with van der Waals surface area (Å²) in [4.78, 5) is 0. The van der Waals surface area contributed by atoms with Crippen molar-refractivity contribution < 1.29 is 4.74 Å². The molecule has 94 valence electrons. The molecule has 0 bridgehead atoms. The van der Waals surface area contributed by atoms with Crippen molar-refractivity contribution in [3.05, 3.63) is 34.4 Å². The Morgan fingerprint density at radius 1 is 1.06 bits per heavy atom. The fraction of sp³-hybridized carbons (Fsp3) is 0.600. The maximum Gasteiger partial charge on any atom is 0.0956 e. The van der Waals surface area contributed by atoms with E-state index in [1.54, 1.807) is 0 Å².